The summed E-state index contributed by atoms with van der Waals surface area (Å²) in [5.74, 6) is 0.910. The van der Waals surface area contributed by atoms with Gasteiger partial charge in [0.1, 0.15) is 5.75 Å². The monoisotopic (exact) mass is 540 g/mol. The Labute approximate surface area is 223 Å². The van der Waals surface area contributed by atoms with Crippen LogP contribution in [-0.4, -0.2) is 37.0 Å². The zero-order chi connectivity index (χ0) is 25.7. The van der Waals surface area contributed by atoms with Crippen LogP contribution in [0, 0.1) is 0 Å². The molecule has 1 saturated heterocycles. The van der Waals surface area contributed by atoms with E-state index in [1.54, 1.807) is 79.9 Å². The molecule has 0 saturated carbocycles. The zero-order valence-electron chi connectivity index (χ0n) is 19.3. The van der Waals surface area contributed by atoms with Crippen LogP contribution in [-0.2, 0) is 9.59 Å². The maximum absolute atomic E-state index is 13.1. The Kier molecular flexibility index (Phi) is 8.14. The van der Waals surface area contributed by atoms with Gasteiger partial charge in [-0.05, 0) is 60.2 Å². The molecule has 10 heteroatoms. The number of para-hydroxylation sites is 1. The molecule has 0 atom stereocenters. The molecule has 36 heavy (non-hydrogen) atoms. The van der Waals surface area contributed by atoms with Crippen LogP contribution in [0.1, 0.15) is 5.56 Å². The molecule has 0 spiro atoms. The third-order valence-electron chi connectivity index (χ3n) is 5.12. The van der Waals surface area contributed by atoms with Crippen molar-refractivity contribution in [1.29, 1.82) is 0 Å². The normalized spacial score (nSPS) is 14.2. The van der Waals surface area contributed by atoms with Crippen molar-refractivity contribution in [3.05, 3.63) is 82.2 Å². The summed E-state index contributed by atoms with van der Waals surface area (Å²) in [6.07, 6.45) is 1.74. The number of nitrogens with one attached hydrogen (secondary N) is 1. The maximum atomic E-state index is 13.1. The van der Waals surface area contributed by atoms with E-state index in [9.17, 15) is 9.59 Å². The molecular weight excluding hydrogens is 520 g/mol. The molecule has 1 heterocycles. The highest BCUT2D eigenvalue weighted by atomic mass is 35.5. The van der Waals surface area contributed by atoms with E-state index in [2.05, 4.69) is 5.32 Å². The number of amides is 2. The van der Waals surface area contributed by atoms with Crippen molar-refractivity contribution in [2.75, 3.05) is 31.0 Å². The number of benzene rings is 3. The maximum Gasteiger partial charge on any atom is 0.270 e. The average Bonchev–Trinajstić information content (AvgIpc) is 3.16. The molecule has 3 aromatic carbocycles. The summed E-state index contributed by atoms with van der Waals surface area (Å²) in [5.41, 5.74) is 1.88. The van der Waals surface area contributed by atoms with E-state index in [1.165, 1.54) is 23.8 Å². The van der Waals surface area contributed by atoms with Crippen LogP contribution in [0.5, 0.6) is 17.2 Å². The van der Waals surface area contributed by atoms with Gasteiger partial charge >= 0.3 is 0 Å². The summed E-state index contributed by atoms with van der Waals surface area (Å²) in [5, 5.41) is 3.14. The summed E-state index contributed by atoms with van der Waals surface area (Å²) < 4.78 is 16.7. The zero-order valence-corrected chi connectivity index (χ0v) is 21.7. The number of carbonyl (C=O) groups is 2. The molecule has 1 fully saturated rings. The van der Waals surface area contributed by atoms with Crippen LogP contribution in [0.2, 0.25) is 5.02 Å². The summed E-state index contributed by atoms with van der Waals surface area (Å²) >= 11 is 12.7. The molecule has 0 unspecified atom stereocenters. The summed E-state index contributed by atoms with van der Waals surface area (Å²) in [7, 11) is 3.08. The van der Waals surface area contributed by atoms with Crippen LogP contribution in [0.25, 0.3) is 6.08 Å². The SMILES string of the molecule is COc1ccc(N2C(=O)/C(=C/c3ccc(OCC(=O)Nc4ccccc4Cl)c(OC)c3)SC2=S)cc1. The third kappa shape index (κ3) is 5.81. The Bertz CT molecular complexity index is 1340. The highest BCUT2D eigenvalue weighted by molar-refractivity contribution is 8.27. The topological polar surface area (TPSA) is 77.1 Å². The minimum atomic E-state index is -0.364. The Balaban J connectivity index is 1.45. The van der Waals surface area contributed by atoms with Crippen molar-refractivity contribution >= 4 is 69.2 Å². The molecular formula is C26H21ClN2O5S2. The smallest absolute Gasteiger partial charge is 0.270 e. The Morgan fingerprint density at radius 1 is 1.06 bits per heavy atom. The van der Waals surface area contributed by atoms with Crippen LogP contribution in [0.15, 0.2) is 71.6 Å². The Morgan fingerprint density at radius 3 is 2.50 bits per heavy atom. The molecule has 4 rings (SSSR count). The van der Waals surface area contributed by atoms with E-state index in [1.807, 2.05) is 0 Å². The number of thioether (sulfide) groups is 1. The molecule has 2 amide bonds. The van der Waals surface area contributed by atoms with Crippen LogP contribution < -0.4 is 24.4 Å². The van der Waals surface area contributed by atoms with Gasteiger partial charge in [-0.3, -0.25) is 14.5 Å². The number of nitrogens with zero attached hydrogens (tertiary/aromatic N) is 1. The predicted molar refractivity (Wildman–Crippen MR) is 147 cm³/mol. The first-order valence-corrected chi connectivity index (χ1v) is 12.3. The predicted octanol–water partition coefficient (Wildman–Crippen LogP) is 5.78. The molecule has 3 aromatic rings. The van der Waals surface area contributed by atoms with Gasteiger partial charge in [-0.1, -0.05) is 53.8 Å². The largest absolute Gasteiger partial charge is 0.497 e. The summed E-state index contributed by atoms with van der Waals surface area (Å²) in [6.45, 7) is -0.235. The quantitative estimate of drug-likeness (QED) is 0.286. The van der Waals surface area contributed by atoms with E-state index in [0.717, 1.165) is 5.56 Å². The van der Waals surface area contributed by atoms with Crippen molar-refractivity contribution < 1.29 is 23.8 Å². The van der Waals surface area contributed by atoms with Gasteiger partial charge in [0.25, 0.3) is 11.8 Å². The molecule has 0 radical (unpaired) electrons. The molecule has 0 aromatic heterocycles. The lowest BCUT2D eigenvalue weighted by Gasteiger charge is -2.14. The second kappa shape index (κ2) is 11.5. The second-order valence-corrected chi connectivity index (χ2v) is 9.53. The molecule has 184 valence electrons. The van der Waals surface area contributed by atoms with E-state index in [0.29, 0.717) is 42.9 Å². The minimum absolute atomic E-state index is 0.217. The number of hydrogen-bond acceptors (Lipinski definition) is 7. The van der Waals surface area contributed by atoms with Gasteiger partial charge in [-0.25, -0.2) is 0 Å². The Morgan fingerprint density at radius 2 is 1.81 bits per heavy atom. The number of ether oxygens (including phenoxy) is 3. The van der Waals surface area contributed by atoms with E-state index in [4.69, 9.17) is 38.0 Å². The van der Waals surface area contributed by atoms with Crippen molar-refractivity contribution in [3.8, 4) is 17.2 Å². The summed E-state index contributed by atoms with van der Waals surface area (Å²) in [4.78, 5) is 27.3. The average molecular weight is 541 g/mol. The number of rotatable bonds is 8. The van der Waals surface area contributed by atoms with Gasteiger partial charge in [-0.2, -0.15) is 0 Å². The second-order valence-electron chi connectivity index (χ2n) is 7.44. The van der Waals surface area contributed by atoms with Gasteiger partial charge in [0.15, 0.2) is 22.4 Å². The van der Waals surface area contributed by atoms with E-state index in [-0.39, 0.29) is 18.4 Å². The first-order chi connectivity index (χ1) is 17.4. The number of methoxy groups -OCH3 is 2. The van der Waals surface area contributed by atoms with E-state index < -0.39 is 0 Å². The molecule has 1 aliphatic rings. The fraction of sp³-hybridized carbons (Fsp3) is 0.115. The molecule has 7 nitrogen and oxygen atoms in total. The number of anilines is 2. The van der Waals surface area contributed by atoms with Crippen LogP contribution in [0.4, 0.5) is 11.4 Å². The van der Waals surface area contributed by atoms with Crippen molar-refractivity contribution in [2.45, 2.75) is 0 Å². The lowest BCUT2D eigenvalue weighted by molar-refractivity contribution is -0.118. The standard InChI is InChI=1S/C26H21ClN2O5S2/c1-32-18-10-8-17(9-11-18)29-25(31)23(36-26(29)35)14-16-7-12-21(22(13-16)33-2)34-15-24(30)28-20-6-4-3-5-19(20)27/h3-14H,15H2,1-2H3,(H,28,30)/b23-14-. The minimum Gasteiger partial charge on any atom is -0.497 e. The first kappa shape index (κ1) is 25.6. The molecule has 1 N–H and O–H groups in total. The van der Waals surface area contributed by atoms with Crippen LogP contribution in [0.3, 0.4) is 0 Å². The van der Waals surface area contributed by atoms with Gasteiger partial charge in [-0.15, -0.1) is 0 Å². The van der Waals surface area contributed by atoms with Crippen molar-refractivity contribution in [1.82, 2.24) is 0 Å². The highest BCUT2D eigenvalue weighted by Crippen LogP contribution is 2.37. The summed E-state index contributed by atoms with van der Waals surface area (Å²) in [6, 6.07) is 19.2. The number of halogens is 1. The van der Waals surface area contributed by atoms with Gasteiger partial charge < -0.3 is 19.5 Å². The highest BCUT2D eigenvalue weighted by Gasteiger charge is 2.33. The lowest BCUT2D eigenvalue weighted by Crippen LogP contribution is -2.27. The van der Waals surface area contributed by atoms with E-state index >= 15 is 0 Å². The number of thiocarbonyl (C=S) groups is 1. The first-order valence-electron chi connectivity index (χ1n) is 10.7. The fourth-order valence-electron chi connectivity index (χ4n) is 3.36. The molecule has 0 aliphatic carbocycles. The van der Waals surface area contributed by atoms with Gasteiger partial charge in [0.05, 0.1) is 35.5 Å². The number of hydrogen-bond donors (Lipinski definition) is 1. The van der Waals surface area contributed by atoms with Crippen molar-refractivity contribution in [2.24, 2.45) is 0 Å². The van der Waals surface area contributed by atoms with Gasteiger partial charge in [0, 0.05) is 0 Å². The van der Waals surface area contributed by atoms with Crippen molar-refractivity contribution in [3.63, 3.8) is 0 Å². The third-order valence-corrected chi connectivity index (χ3v) is 6.75. The van der Waals surface area contributed by atoms with Gasteiger partial charge in [0.2, 0.25) is 0 Å². The fourth-order valence-corrected chi connectivity index (χ4v) is 4.84. The molecule has 1 aliphatic heterocycles. The molecule has 0 bridgehead atoms. The Hall–Kier alpha value is -3.53. The lowest BCUT2D eigenvalue weighted by atomic mass is 10.1. The van der Waals surface area contributed by atoms with Crippen LogP contribution >= 0.6 is 35.6 Å². The number of carbonyl (C=O) groups excluding carboxylic acids is 2.